The van der Waals surface area contributed by atoms with Crippen LogP contribution >= 0.6 is 0 Å². The number of aliphatic hydroxyl groups is 5. The normalized spacial score (nSPS) is 34.8. The Hall–Kier alpha value is -1.21. The van der Waals surface area contributed by atoms with Gasteiger partial charge in [0.15, 0.2) is 6.67 Å². The van der Waals surface area contributed by atoms with Gasteiger partial charge < -0.3 is 40.7 Å². The average Bonchev–Trinajstić information content (AvgIpc) is 2.49. The van der Waals surface area contributed by atoms with Crippen LogP contribution in [-0.2, 0) is 19.1 Å². The average molecular weight is 327 g/mol. The highest BCUT2D eigenvalue weighted by Crippen LogP contribution is 2.30. The molecule has 0 bridgehead atoms. The third kappa shape index (κ3) is 3.95. The molecule has 1 saturated heterocycles. The molecular weight excluding hydrogens is 309 g/mol. The molecule has 1 aliphatic rings. The van der Waals surface area contributed by atoms with E-state index < -0.39 is 67.9 Å². The lowest BCUT2D eigenvalue weighted by Gasteiger charge is -2.43. The first-order valence-electron chi connectivity index (χ1n) is 6.28. The monoisotopic (exact) mass is 327 g/mol. The predicted octanol–water partition coefficient (Wildman–Crippen LogP) is -4.09. The van der Waals surface area contributed by atoms with Gasteiger partial charge in [0.1, 0.15) is 18.3 Å². The maximum Gasteiger partial charge on any atom is 0.374 e. The first kappa shape index (κ1) is 18.8. The lowest BCUT2D eigenvalue weighted by atomic mass is 9.89. The Balaban J connectivity index is 2.94. The van der Waals surface area contributed by atoms with E-state index in [1.165, 1.54) is 0 Å². The highest BCUT2D eigenvalue weighted by molar-refractivity contribution is 5.90. The summed E-state index contributed by atoms with van der Waals surface area (Å²) in [6, 6.07) is -1.32. The van der Waals surface area contributed by atoms with Gasteiger partial charge in [-0.3, -0.25) is 0 Å². The second-order valence-electron chi connectivity index (χ2n) is 4.85. The van der Waals surface area contributed by atoms with E-state index in [1.54, 1.807) is 0 Å². The third-order valence-corrected chi connectivity index (χ3v) is 3.19. The van der Waals surface area contributed by atoms with Crippen LogP contribution < -0.4 is 5.73 Å². The number of ether oxygens (including phenoxy) is 2. The lowest BCUT2D eigenvalue weighted by molar-refractivity contribution is -0.293. The van der Waals surface area contributed by atoms with Gasteiger partial charge in [-0.25, -0.2) is 14.0 Å². The van der Waals surface area contributed by atoms with Crippen LogP contribution in [0.2, 0.25) is 0 Å². The van der Waals surface area contributed by atoms with E-state index >= 15 is 0 Å². The van der Waals surface area contributed by atoms with Gasteiger partial charge in [0.25, 0.3) is 5.79 Å². The minimum Gasteiger partial charge on any atom is -0.394 e. The molecule has 1 fully saturated rings. The van der Waals surface area contributed by atoms with Crippen LogP contribution in [0, 0.1) is 0 Å². The molecule has 128 valence electrons. The van der Waals surface area contributed by atoms with Crippen molar-refractivity contribution in [2.24, 2.45) is 5.73 Å². The van der Waals surface area contributed by atoms with Crippen LogP contribution in [0.3, 0.4) is 0 Å². The number of halogens is 1. The van der Waals surface area contributed by atoms with E-state index in [9.17, 15) is 34.4 Å². The number of carbonyl (C=O) groups excluding carboxylic acids is 2. The molecule has 0 aromatic rings. The Kier molecular flexibility index (Phi) is 6.31. The van der Waals surface area contributed by atoms with Gasteiger partial charge in [-0.1, -0.05) is 0 Å². The van der Waals surface area contributed by atoms with Crippen LogP contribution in [0.4, 0.5) is 4.39 Å². The predicted molar refractivity (Wildman–Crippen MR) is 64.6 cm³/mol. The molecular formula is C11H18FNO9. The lowest BCUT2D eigenvalue weighted by Crippen LogP contribution is -2.66. The van der Waals surface area contributed by atoms with Gasteiger partial charge in [0.05, 0.1) is 18.8 Å². The molecule has 0 aromatic carbocycles. The van der Waals surface area contributed by atoms with E-state index in [4.69, 9.17) is 15.6 Å². The van der Waals surface area contributed by atoms with Gasteiger partial charge in [-0.05, 0) is 0 Å². The number of hydrogen-bond donors (Lipinski definition) is 6. The summed E-state index contributed by atoms with van der Waals surface area (Å²) in [6.45, 7) is -2.51. The fourth-order valence-corrected chi connectivity index (χ4v) is 1.96. The molecule has 0 spiro atoms. The first-order chi connectivity index (χ1) is 10.2. The molecule has 6 atom stereocenters. The minimum atomic E-state index is -2.87. The van der Waals surface area contributed by atoms with Crippen molar-refractivity contribution in [1.82, 2.24) is 0 Å². The summed E-state index contributed by atoms with van der Waals surface area (Å²) < 4.78 is 20.8. The molecule has 10 nitrogen and oxygen atoms in total. The minimum absolute atomic E-state index is 0.801. The Morgan fingerprint density at radius 3 is 2.55 bits per heavy atom. The molecule has 7 N–H and O–H groups in total. The Morgan fingerprint density at radius 2 is 2.05 bits per heavy atom. The molecule has 1 unspecified atom stereocenters. The van der Waals surface area contributed by atoms with Gasteiger partial charge >= 0.3 is 11.9 Å². The van der Waals surface area contributed by atoms with Crippen LogP contribution in [0.15, 0.2) is 0 Å². The van der Waals surface area contributed by atoms with Crippen molar-refractivity contribution in [3.05, 3.63) is 0 Å². The molecule has 22 heavy (non-hydrogen) atoms. The van der Waals surface area contributed by atoms with Crippen molar-refractivity contribution in [3.8, 4) is 0 Å². The van der Waals surface area contributed by atoms with Gasteiger partial charge in [-0.15, -0.1) is 0 Å². The second kappa shape index (κ2) is 7.37. The fraction of sp³-hybridized carbons (Fsp3) is 0.818. The third-order valence-electron chi connectivity index (χ3n) is 3.19. The standard InChI is InChI=1S/C11H18FNO9/c12-2-6(17)21-10(19)11(20)1-4(15)7(13)9(22-11)8(18)5(16)3-14/h4-5,7-9,14-16,18,20H,1-3,13H2/t4-,5+,7+,8+,9+,11?/m0/s1. The van der Waals surface area contributed by atoms with Crippen molar-refractivity contribution >= 4 is 11.9 Å². The smallest absolute Gasteiger partial charge is 0.374 e. The molecule has 0 aromatic heterocycles. The zero-order valence-corrected chi connectivity index (χ0v) is 11.3. The Morgan fingerprint density at radius 1 is 1.45 bits per heavy atom. The van der Waals surface area contributed by atoms with E-state index in [0.717, 1.165) is 0 Å². The number of rotatable bonds is 5. The quantitative estimate of drug-likeness (QED) is 0.214. The number of esters is 2. The molecule has 1 rings (SSSR count). The zero-order chi connectivity index (χ0) is 17.1. The molecule has 0 aliphatic carbocycles. The number of alkyl halides is 1. The van der Waals surface area contributed by atoms with Crippen molar-refractivity contribution < 1.29 is 49.0 Å². The molecule has 0 amide bonds. The van der Waals surface area contributed by atoms with Crippen molar-refractivity contribution in [1.29, 1.82) is 0 Å². The summed E-state index contributed by atoms with van der Waals surface area (Å²) in [6.07, 6.45) is -7.62. The number of hydrogen-bond acceptors (Lipinski definition) is 10. The maximum atomic E-state index is 12.0. The molecule has 1 heterocycles. The second-order valence-corrected chi connectivity index (χ2v) is 4.85. The van der Waals surface area contributed by atoms with E-state index in [2.05, 4.69) is 4.74 Å². The zero-order valence-electron chi connectivity index (χ0n) is 11.3. The van der Waals surface area contributed by atoms with Crippen molar-refractivity contribution in [2.45, 2.75) is 42.7 Å². The topological polar surface area (TPSA) is 180 Å². The highest BCUT2D eigenvalue weighted by Gasteiger charge is 2.53. The summed E-state index contributed by atoms with van der Waals surface area (Å²) in [7, 11) is 0. The van der Waals surface area contributed by atoms with Crippen molar-refractivity contribution in [3.63, 3.8) is 0 Å². The number of aliphatic hydroxyl groups excluding tert-OH is 4. The molecule has 0 radical (unpaired) electrons. The van der Waals surface area contributed by atoms with E-state index in [-0.39, 0.29) is 0 Å². The van der Waals surface area contributed by atoms with E-state index in [1.807, 2.05) is 0 Å². The summed E-state index contributed by atoms with van der Waals surface area (Å²) in [5, 5.41) is 47.6. The van der Waals surface area contributed by atoms with Gasteiger partial charge in [-0.2, -0.15) is 0 Å². The first-order valence-corrected chi connectivity index (χ1v) is 6.28. The summed E-state index contributed by atoms with van der Waals surface area (Å²) in [5.41, 5.74) is 5.55. The maximum absolute atomic E-state index is 12.0. The summed E-state index contributed by atoms with van der Waals surface area (Å²) >= 11 is 0. The highest BCUT2D eigenvalue weighted by atomic mass is 19.1. The largest absolute Gasteiger partial charge is 0.394 e. The molecule has 11 heteroatoms. The van der Waals surface area contributed by atoms with Gasteiger partial charge in [0.2, 0.25) is 0 Å². The SMILES string of the molecule is N[C@H]1[C@H]([C@H](O)[C@H](O)CO)OC(O)(C(=O)OC(=O)CF)C[C@@H]1O. The number of carbonyl (C=O) groups is 2. The summed E-state index contributed by atoms with van der Waals surface area (Å²) in [4.78, 5) is 22.3. The number of nitrogens with two attached hydrogens (primary N) is 1. The molecule has 1 aliphatic heterocycles. The van der Waals surface area contributed by atoms with Crippen LogP contribution in [0.25, 0.3) is 0 Å². The van der Waals surface area contributed by atoms with Crippen molar-refractivity contribution in [2.75, 3.05) is 13.3 Å². The van der Waals surface area contributed by atoms with Gasteiger partial charge in [0, 0.05) is 6.42 Å². The summed E-state index contributed by atoms with van der Waals surface area (Å²) in [5.74, 6) is -6.16. The Bertz CT molecular complexity index is 422. The van der Waals surface area contributed by atoms with E-state index in [0.29, 0.717) is 0 Å². The van der Waals surface area contributed by atoms with Crippen LogP contribution in [0.1, 0.15) is 6.42 Å². The fourth-order valence-electron chi connectivity index (χ4n) is 1.96. The van der Waals surface area contributed by atoms with Crippen LogP contribution in [-0.4, -0.2) is 87.0 Å². The Labute approximate surface area is 123 Å². The molecule has 0 saturated carbocycles. The van der Waals surface area contributed by atoms with Crippen LogP contribution in [0.5, 0.6) is 0 Å².